The second kappa shape index (κ2) is 11.4. The molecule has 0 fully saturated rings. The summed E-state index contributed by atoms with van der Waals surface area (Å²) < 4.78 is 6.33. The lowest BCUT2D eigenvalue weighted by Gasteiger charge is -2.37. The zero-order valence-corrected chi connectivity index (χ0v) is 21.0. The van der Waals surface area contributed by atoms with Crippen LogP contribution in [0.3, 0.4) is 0 Å². The fourth-order valence-electron chi connectivity index (χ4n) is 4.39. The van der Waals surface area contributed by atoms with Gasteiger partial charge in [-0.05, 0) is 24.1 Å². The van der Waals surface area contributed by atoms with Crippen molar-refractivity contribution in [3.63, 3.8) is 0 Å². The first-order valence-electron chi connectivity index (χ1n) is 12.3. The summed E-state index contributed by atoms with van der Waals surface area (Å²) in [5.74, 6) is -0.0899. The number of nitrogens with zero attached hydrogens (tertiary/aromatic N) is 3. The van der Waals surface area contributed by atoms with Crippen LogP contribution in [0.25, 0.3) is 11.1 Å². The fraction of sp³-hybridized carbons (Fsp3) is 0.345. The van der Waals surface area contributed by atoms with Gasteiger partial charge >= 0.3 is 0 Å². The SMILES string of the molecule is C[C@H](CO)N1C[C@H](C)[C@@H](CN(C)C(=O)Cc2ccccc2)Oc2ncc(-c3ccccc3)cc2C1=O. The van der Waals surface area contributed by atoms with Gasteiger partial charge in [-0.2, -0.15) is 0 Å². The van der Waals surface area contributed by atoms with E-state index in [1.807, 2.05) is 74.5 Å². The van der Waals surface area contributed by atoms with Crippen molar-refractivity contribution in [2.24, 2.45) is 5.92 Å². The quantitative estimate of drug-likeness (QED) is 0.550. The van der Waals surface area contributed by atoms with Crippen molar-refractivity contribution in [2.75, 3.05) is 26.7 Å². The first-order valence-corrected chi connectivity index (χ1v) is 12.3. The summed E-state index contributed by atoms with van der Waals surface area (Å²) in [6.07, 6.45) is 1.62. The number of hydrogen-bond acceptors (Lipinski definition) is 5. The fourth-order valence-corrected chi connectivity index (χ4v) is 4.39. The van der Waals surface area contributed by atoms with Crippen LogP contribution in [0, 0.1) is 5.92 Å². The molecular weight excluding hydrogens is 454 g/mol. The van der Waals surface area contributed by atoms with E-state index >= 15 is 0 Å². The molecule has 0 saturated heterocycles. The van der Waals surface area contributed by atoms with Crippen molar-refractivity contribution in [1.29, 1.82) is 0 Å². The number of aliphatic hydroxyl groups excluding tert-OH is 1. The normalized spacial score (nSPS) is 18.4. The maximum absolute atomic E-state index is 13.6. The van der Waals surface area contributed by atoms with Gasteiger partial charge in [0.1, 0.15) is 11.7 Å². The third kappa shape index (κ3) is 5.74. The number of carbonyl (C=O) groups excluding carboxylic acids is 2. The van der Waals surface area contributed by atoms with E-state index in [9.17, 15) is 14.7 Å². The van der Waals surface area contributed by atoms with Gasteiger partial charge in [-0.15, -0.1) is 0 Å². The van der Waals surface area contributed by atoms with Crippen LogP contribution in [0.4, 0.5) is 0 Å². The lowest BCUT2D eigenvalue weighted by molar-refractivity contribution is -0.130. The van der Waals surface area contributed by atoms with Crippen LogP contribution in [0.15, 0.2) is 72.9 Å². The minimum absolute atomic E-state index is 0.0108. The van der Waals surface area contributed by atoms with E-state index in [-0.39, 0.29) is 42.4 Å². The van der Waals surface area contributed by atoms with Crippen LogP contribution in [-0.4, -0.2) is 70.6 Å². The molecule has 2 amide bonds. The third-order valence-corrected chi connectivity index (χ3v) is 6.71. The molecule has 1 aromatic heterocycles. The molecule has 2 aromatic carbocycles. The van der Waals surface area contributed by atoms with Crippen molar-refractivity contribution in [1.82, 2.24) is 14.8 Å². The molecule has 4 rings (SSSR count). The third-order valence-electron chi connectivity index (χ3n) is 6.71. The Balaban J connectivity index is 1.62. The second-order valence-electron chi connectivity index (χ2n) is 9.50. The van der Waals surface area contributed by atoms with Gasteiger partial charge in [0.15, 0.2) is 0 Å². The number of ether oxygens (including phenoxy) is 1. The highest BCUT2D eigenvalue weighted by Crippen LogP contribution is 2.30. The molecule has 1 aliphatic heterocycles. The molecule has 3 atom stereocenters. The molecule has 2 heterocycles. The Morgan fingerprint density at radius 2 is 1.81 bits per heavy atom. The Bertz CT molecular complexity index is 1190. The molecule has 7 nitrogen and oxygen atoms in total. The van der Waals surface area contributed by atoms with Gasteiger partial charge in [0.2, 0.25) is 11.8 Å². The van der Waals surface area contributed by atoms with Crippen LogP contribution >= 0.6 is 0 Å². The van der Waals surface area contributed by atoms with Crippen molar-refractivity contribution in [3.05, 3.63) is 84.1 Å². The van der Waals surface area contributed by atoms with Gasteiger partial charge in [0.05, 0.1) is 25.6 Å². The standard InChI is InChI=1S/C29H33N3O4/c1-20-17-32(21(2)19-33)29(35)25-15-24(23-12-8-5-9-13-23)16-30-28(25)36-26(20)18-31(3)27(34)14-22-10-6-4-7-11-22/h4-13,15-16,20-21,26,33H,14,17-19H2,1-3H3/t20-,21+,26+/m0/s1. The molecule has 36 heavy (non-hydrogen) atoms. The number of pyridine rings is 1. The number of aromatic nitrogens is 1. The Kier molecular flexibility index (Phi) is 8.00. The first kappa shape index (κ1) is 25.4. The molecule has 0 spiro atoms. The topological polar surface area (TPSA) is 83.0 Å². The zero-order valence-electron chi connectivity index (χ0n) is 21.0. The summed E-state index contributed by atoms with van der Waals surface area (Å²) in [6.45, 7) is 4.41. The van der Waals surface area contributed by atoms with Gasteiger partial charge in [-0.1, -0.05) is 67.6 Å². The molecule has 7 heteroatoms. The smallest absolute Gasteiger partial charge is 0.259 e. The van der Waals surface area contributed by atoms with Crippen LogP contribution < -0.4 is 4.74 Å². The van der Waals surface area contributed by atoms with E-state index in [0.29, 0.717) is 25.1 Å². The highest BCUT2D eigenvalue weighted by molar-refractivity contribution is 5.98. The van der Waals surface area contributed by atoms with E-state index in [1.165, 1.54) is 0 Å². The monoisotopic (exact) mass is 487 g/mol. The molecule has 0 radical (unpaired) electrons. The number of rotatable bonds is 7. The van der Waals surface area contributed by atoms with Gasteiger partial charge in [0, 0.05) is 31.3 Å². The van der Waals surface area contributed by atoms with Crippen molar-refractivity contribution in [2.45, 2.75) is 32.4 Å². The summed E-state index contributed by atoms with van der Waals surface area (Å²) in [4.78, 5) is 34.4. The maximum atomic E-state index is 13.6. The minimum atomic E-state index is -0.384. The molecule has 0 aliphatic carbocycles. The summed E-state index contributed by atoms with van der Waals surface area (Å²) >= 11 is 0. The zero-order chi connectivity index (χ0) is 25.7. The predicted molar refractivity (Wildman–Crippen MR) is 139 cm³/mol. The molecule has 188 valence electrons. The van der Waals surface area contributed by atoms with Crippen molar-refractivity contribution >= 4 is 11.8 Å². The Hall–Kier alpha value is -3.71. The largest absolute Gasteiger partial charge is 0.472 e. The average molecular weight is 488 g/mol. The number of fused-ring (bicyclic) bond motifs is 1. The lowest BCUT2D eigenvalue weighted by Crippen LogP contribution is -2.50. The number of hydrogen-bond donors (Lipinski definition) is 1. The predicted octanol–water partition coefficient (Wildman–Crippen LogP) is 3.67. The summed E-state index contributed by atoms with van der Waals surface area (Å²) in [5, 5.41) is 9.86. The van der Waals surface area contributed by atoms with Crippen LogP contribution in [0.1, 0.15) is 29.8 Å². The Labute approximate surface area is 212 Å². The molecule has 3 aromatic rings. The molecular formula is C29H33N3O4. The van der Waals surface area contributed by atoms with E-state index in [1.54, 1.807) is 29.1 Å². The molecule has 0 unspecified atom stereocenters. The van der Waals surface area contributed by atoms with Crippen LogP contribution in [0.2, 0.25) is 0 Å². The van der Waals surface area contributed by atoms with Gasteiger partial charge in [0.25, 0.3) is 5.91 Å². The van der Waals surface area contributed by atoms with E-state index < -0.39 is 0 Å². The number of benzene rings is 2. The number of amides is 2. The Morgan fingerprint density at radius 3 is 2.47 bits per heavy atom. The van der Waals surface area contributed by atoms with Crippen LogP contribution in [0.5, 0.6) is 5.88 Å². The second-order valence-corrected chi connectivity index (χ2v) is 9.50. The Morgan fingerprint density at radius 1 is 1.14 bits per heavy atom. The van der Waals surface area contributed by atoms with Gasteiger partial charge in [-0.3, -0.25) is 9.59 Å². The highest BCUT2D eigenvalue weighted by atomic mass is 16.5. The number of carbonyl (C=O) groups is 2. The average Bonchev–Trinajstić information content (AvgIpc) is 2.91. The van der Waals surface area contributed by atoms with Crippen molar-refractivity contribution in [3.8, 4) is 17.0 Å². The summed E-state index contributed by atoms with van der Waals surface area (Å²) in [6, 6.07) is 20.8. The summed E-state index contributed by atoms with van der Waals surface area (Å²) in [7, 11) is 1.77. The number of aliphatic hydroxyl groups is 1. The first-order chi connectivity index (χ1) is 17.4. The summed E-state index contributed by atoms with van der Waals surface area (Å²) in [5.41, 5.74) is 3.06. The molecule has 1 aliphatic rings. The lowest BCUT2D eigenvalue weighted by atomic mass is 9.99. The van der Waals surface area contributed by atoms with E-state index in [4.69, 9.17) is 4.74 Å². The van der Waals surface area contributed by atoms with E-state index in [0.717, 1.165) is 16.7 Å². The van der Waals surface area contributed by atoms with Gasteiger partial charge in [-0.25, -0.2) is 4.98 Å². The maximum Gasteiger partial charge on any atom is 0.259 e. The van der Waals surface area contributed by atoms with E-state index in [2.05, 4.69) is 4.98 Å². The minimum Gasteiger partial charge on any atom is -0.472 e. The highest BCUT2D eigenvalue weighted by Gasteiger charge is 2.34. The molecule has 0 saturated carbocycles. The molecule has 1 N–H and O–H groups in total. The van der Waals surface area contributed by atoms with Gasteiger partial charge < -0.3 is 19.6 Å². The number of likely N-dealkylation sites (N-methyl/N-ethyl adjacent to an activating group) is 1. The van der Waals surface area contributed by atoms with Crippen LogP contribution in [-0.2, 0) is 11.2 Å². The molecule has 0 bridgehead atoms. The van der Waals surface area contributed by atoms with Crippen molar-refractivity contribution < 1.29 is 19.4 Å².